The van der Waals surface area contributed by atoms with Crippen molar-refractivity contribution in [1.82, 2.24) is 4.98 Å². The highest BCUT2D eigenvalue weighted by atomic mass is 16.5. The molecule has 130 valence electrons. The van der Waals surface area contributed by atoms with Crippen LogP contribution in [0.25, 0.3) is 10.9 Å². The van der Waals surface area contributed by atoms with Crippen LogP contribution in [0.5, 0.6) is 0 Å². The Balaban J connectivity index is 2.16. The van der Waals surface area contributed by atoms with Gasteiger partial charge >= 0.3 is 0 Å². The van der Waals surface area contributed by atoms with Crippen LogP contribution in [0.1, 0.15) is 52.8 Å². The van der Waals surface area contributed by atoms with Crippen molar-refractivity contribution in [3.8, 4) is 0 Å². The third-order valence-corrected chi connectivity index (χ3v) is 4.75. The highest BCUT2D eigenvalue weighted by Crippen LogP contribution is 2.34. The first-order chi connectivity index (χ1) is 11.2. The van der Waals surface area contributed by atoms with E-state index < -0.39 is 0 Å². The van der Waals surface area contributed by atoms with Gasteiger partial charge in [-0.1, -0.05) is 47.6 Å². The van der Waals surface area contributed by atoms with E-state index in [9.17, 15) is 0 Å². The number of pyridine rings is 1. The second kappa shape index (κ2) is 6.03. The van der Waals surface area contributed by atoms with E-state index in [1.54, 1.807) is 0 Å². The molecule has 3 heteroatoms. The van der Waals surface area contributed by atoms with Crippen molar-refractivity contribution in [2.45, 2.75) is 52.4 Å². The Hall–Kier alpha value is -1.61. The number of rotatable bonds is 1. The summed E-state index contributed by atoms with van der Waals surface area (Å²) in [5.41, 5.74) is 5.05. The molecule has 1 saturated heterocycles. The Morgan fingerprint density at radius 1 is 0.917 bits per heavy atom. The number of hydrogen-bond acceptors (Lipinski definition) is 3. The number of fused-ring (bicyclic) bond motifs is 1. The third-order valence-electron chi connectivity index (χ3n) is 4.75. The molecular weight excluding hydrogens is 296 g/mol. The number of morpholine rings is 1. The first-order valence-electron chi connectivity index (χ1n) is 8.95. The zero-order chi connectivity index (χ0) is 17.5. The number of anilines is 1. The summed E-state index contributed by atoms with van der Waals surface area (Å²) in [6.45, 7) is 17.1. The maximum Gasteiger partial charge on any atom is 0.0729 e. The second-order valence-corrected chi connectivity index (χ2v) is 8.86. The van der Waals surface area contributed by atoms with Crippen LogP contribution >= 0.6 is 0 Å². The highest BCUT2D eigenvalue weighted by molar-refractivity contribution is 5.86. The molecular formula is C21H30N2O. The fraction of sp³-hybridized carbons (Fsp3) is 0.571. The van der Waals surface area contributed by atoms with Crippen molar-refractivity contribution in [1.29, 1.82) is 0 Å². The van der Waals surface area contributed by atoms with Crippen molar-refractivity contribution >= 4 is 16.6 Å². The zero-order valence-electron chi connectivity index (χ0n) is 15.9. The zero-order valence-corrected chi connectivity index (χ0v) is 15.9. The van der Waals surface area contributed by atoms with E-state index in [0.717, 1.165) is 31.8 Å². The Labute approximate surface area is 146 Å². The van der Waals surface area contributed by atoms with Gasteiger partial charge in [-0.3, -0.25) is 4.98 Å². The molecule has 3 nitrogen and oxygen atoms in total. The molecule has 0 radical (unpaired) electrons. The van der Waals surface area contributed by atoms with Gasteiger partial charge in [0.2, 0.25) is 0 Å². The average Bonchev–Trinajstić information content (AvgIpc) is 2.52. The smallest absolute Gasteiger partial charge is 0.0729 e. The summed E-state index contributed by atoms with van der Waals surface area (Å²) in [6.07, 6.45) is 0. The second-order valence-electron chi connectivity index (χ2n) is 8.86. The number of nitrogens with zero attached hydrogens (tertiary/aromatic N) is 2. The maximum atomic E-state index is 5.48. The first kappa shape index (κ1) is 17.2. The Morgan fingerprint density at radius 2 is 1.58 bits per heavy atom. The van der Waals surface area contributed by atoms with Crippen molar-refractivity contribution in [3.63, 3.8) is 0 Å². The normalized spacial score (nSPS) is 16.7. The van der Waals surface area contributed by atoms with Gasteiger partial charge in [0, 0.05) is 35.3 Å². The van der Waals surface area contributed by atoms with Crippen LogP contribution < -0.4 is 4.90 Å². The van der Waals surface area contributed by atoms with E-state index in [0.29, 0.717) is 0 Å². The number of aromatic nitrogens is 1. The summed E-state index contributed by atoms with van der Waals surface area (Å²) in [7, 11) is 0. The van der Waals surface area contributed by atoms with Crippen molar-refractivity contribution < 1.29 is 4.74 Å². The molecule has 0 atom stereocenters. The summed E-state index contributed by atoms with van der Waals surface area (Å²) in [5.74, 6) is 0. The lowest BCUT2D eigenvalue weighted by Gasteiger charge is -2.30. The Morgan fingerprint density at radius 3 is 2.17 bits per heavy atom. The van der Waals surface area contributed by atoms with Crippen LogP contribution in [0.4, 0.5) is 5.69 Å². The van der Waals surface area contributed by atoms with Gasteiger partial charge < -0.3 is 9.64 Å². The Bertz CT molecular complexity index is 732. The molecule has 2 heterocycles. The van der Waals surface area contributed by atoms with E-state index in [2.05, 4.69) is 70.7 Å². The predicted molar refractivity (Wildman–Crippen MR) is 102 cm³/mol. The topological polar surface area (TPSA) is 25.4 Å². The molecule has 1 aromatic carbocycles. The standard InChI is InChI=1S/C21H30N2O/c1-20(2,3)17-14-19(21(4,5)6)22-18-13-15(7-8-16(17)18)23-9-11-24-12-10-23/h7-8,13-14H,9-12H2,1-6H3. The molecule has 3 rings (SSSR count). The van der Waals surface area contributed by atoms with Crippen molar-refractivity contribution in [2.75, 3.05) is 31.2 Å². The van der Waals surface area contributed by atoms with Crippen LogP contribution in [-0.4, -0.2) is 31.3 Å². The summed E-state index contributed by atoms with van der Waals surface area (Å²) in [4.78, 5) is 7.41. The molecule has 0 amide bonds. The molecule has 0 bridgehead atoms. The largest absolute Gasteiger partial charge is 0.378 e. The fourth-order valence-corrected chi connectivity index (χ4v) is 3.24. The molecule has 1 aliphatic heterocycles. The lowest BCUT2D eigenvalue weighted by Crippen LogP contribution is -2.36. The molecule has 0 N–H and O–H groups in total. The lowest BCUT2D eigenvalue weighted by atomic mass is 9.81. The minimum absolute atomic E-state index is 0.0448. The third kappa shape index (κ3) is 3.41. The van der Waals surface area contributed by atoms with Crippen LogP contribution in [0.15, 0.2) is 24.3 Å². The summed E-state index contributed by atoms with van der Waals surface area (Å²) in [6, 6.07) is 9.05. The predicted octanol–water partition coefficient (Wildman–Crippen LogP) is 4.67. The maximum absolute atomic E-state index is 5.48. The van der Waals surface area contributed by atoms with Crippen LogP contribution in [-0.2, 0) is 15.6 Å². The quantitative estimate of drug-likeness (QED) is 0.761. The van der Waals surface area contributed by atoms with E-state index in [4.69, 9.17) is 9.72 Å². The van der Waals surface area contributed by atoms with Crippen molar-refractivity contribution in [2.24, 2.45) is 0 Å². The molecule has 0 unspecified atom stereocenters. The van der Waals surface area contributed by atoms with Crippen LogP contribution in [0.3, 0.4) is 0 Å². The van der Waals surface area contributed by atoms with E-state index in [1.165, 1.54) is 22.3 Å². The van der Waals surface area contributed by atoms with Gasteiger partial charge in [-0.2, -0.15) is 0 Å². The molecule has 2 aromatic rings. The van der Waals surface area contributed by atoms with Gasteiger partial charge in [0.25, 0.3) is 0 Å². The molecule has 0 saturated carbocycles. The van der Waals surface area contributed by atoms with Gasteiger partial charge in [0.05, 0.1) is 18.7 Å². The van der Waals surface area contributed by atoms with Gasteiger partial charge in [-0.05, 0) is 29.2 Å². The Kier molecular flexibility index (Phi) is 4.33. The van der Waals surface area contributed by atoms with Gasteiger partial charge in [-0.15, -0.1) is 0 Å². The minimum atomic E-state index is 0.0448. The van der Waals surface area contributed by atoms with Crippen LogP contribution in [0, 0.1) is 0 Å². The highest BCUT2D eigenvalue weighted by Gasteiger charge is 2.24. The monoisotopic (exact) mass is 326 g/mol. The number of benzene rings is 1. The van der Waals surface area contributed by atoms with Crippen molar-refractivity contribution in [3.05, 3.63) is 35.5 Å². The molecule has 24 heavy (non-hydrogen) atoms. The molecule has 1 fully saturated rings. The molecule has 0 spiro atoms. The minimum Gasteiger partial charge on any atom is -0.378 e. The summed E-state index contributed by atoms with van der Waals surface area (Å²) >= 11 is 0. The lowest BCUT2D eigenvalue weighted by molar-refractivity contribution is 0.122. The van der Waals surface area contributed by atoms with Crippen LogP contribution in [0.2, 0.25) is 0 Å². The number of hydrogen-bond donors (Lipinski definition) is 0. The van der Waals surface area contributed by atoms with Gasteiger partial charge in [-0.25, -0.2) is 0 Å². The number of ether oxygens (including phenoxy) is 1. The van der Waals surface area contributed by atoms with E-state index in [1.807, 2.05) is 0 Å². The summed E-state index contributed by atoms with van der Waals surface area (Å²) < 4.78 is 5.48. The molecule has 1 aliphatic rings. The summed E-state index contributed by atoms with van der Waals surface area (Å²) in [5, 5.41) is 1.27. The fourth-order valence-electron chi connectivity index (χ4n) is 3.24. The van der Waals surface area contributed by atoms with Gasteiger partial charge in [0.1, 0.15) is 0 Å². The van der Waals surface area contributed by atoms with E-state index in [-0.39, 0.29) is 10.8 Å². The average molecular weight is 326 g/mol. The van der Waals surface area contributed by atoms with Gasteiger partial charge in [0.15, 0.2) is 0 Å². The molecule has 0 aliphatic carbocycles. The SMILES string of the molecule is CC(C)(C)c1cc(C(C)(C)C)c2ccc(N3CCOCC3)cc2n1. The first-order valence-corrected chi connectivity index (χ1v) is 8.95. The van der Waals surface area contributed by atoms with E-state index >= 15 is 0 Å². The molecule has 1 aromatic heterocycles.